The topological polar surface area (TPSA) is 53.3 Å². The fraction of sp³-hybridized carbons (Fsp3) is 0.0455. The standard InChI is InChI=1S/C22H17N3O/c26-14-15-3-1-4-16(11-15)17-7-8-22-24-21(13-25(22)12-17)18-5-2-6-20-19(18)9-10-23-20/h1-13,23,26H,14H2. The lowest BCUT2D eigenvalue weighted by Gasteiger charge is -2.04. The number of hydrogen-bond acceptors (Lipinski definition) is 2. The zero-order valence-corrected chi connectivity index (χ0v) is 14.1. The van der Waals surface area contributed by atoms with Crippen LogP contribution in [-0.2, 0) is 6.61 Å². The summed E-state index contributed by atoms with van der Waals surface area (Å²) < 4.78 is 2.06. The maximum absolute atomic E-state index is 9.36. The minimum absolute atomic E-state index is 0.0476. The van der Waals surface area contributed by atoms with Crippen LogP contribution in [0.3, 0.4) is 0 Å². The second-order valence-electron chi connectivity index (χ2n) is 6.41. The molecule has 0 radical (unpaired) electrons. The number of aliphatic hydroxyl groups excluding tert-OH is 1. The van der Waals surface area contributed by atoms with Crippen molar-refractivity contribution < 1.29 is 5.11 Å². The van der Waals surface area contributed by atoms with Crippen LogP contribution in [0.5, 0.6) is 0 Å². The maximum atomic E-state index is 9.36. The second kappa shape index (κ2) is 5.86. The van der Waals surface area contributed by atoms with E-state index in [1.54, 1.807) is 0 Å². The van der Waals surface area contributed by atoms with Crippen LogP contribution in [-0.4, -0.2) is 19.5 Å². The first kappa shape index (κ1) is 14.9. The molecule has 0 saturated heterocycles. The third-order valence-electron chi connectivity index (χ3n) is 4.76. The van der Waals surface area contributed by atoms with Gasteiger partial charge in [-0.25, -0.2) is 4.98 Å². The van der Waals surface area contributed by atoms with Crippen molar-refractivity contribution >= 4 is 16.6 Å². The molecular weight excluding hydrogens is 322 g/mol. The van der Waals surface area contributed by atoms with E-state index in [0.717, 1.165) is 39.1 Å². The average molecular weight is 339 g/mol. The molecule has 0 amide bonds. The molecule has 2 N–H and O–H groups in total. The van der Waals surface area contributed by atoms with Crippen LogP contribution in [0.1, 0.15) is 5.56 Å². The Labute approximate surface area is 150 Å². The zero-order chi connectivity index (χ0) is 17.5. The number of hydrogen-bond donors (Lipinski definition) is 2. The number of aromatic nitrogens is 3. The molecule has 0 aliphatic rings. The van der Waals surface area contributed by atoms with Gasteiger partial charge in [-0.1, -0.05) is 30.3 Å². The van der Waals surface area contributed by atoms with E-state index in [-0.39, 0.29) is 6.61 Å². The maximum Gasteiger partial charge on any atom is 0.137 e. The lowest BCUT2D eigenvalue weighted by molar-refractivity contribution is 0.282. The van der Waals surface area contributed by atoms with E-state index in [1.807, 2.05) is 36.5 Å². The number of aliphatic hydroxyl groups is 1. The van der Waals surface area contributed by atoms with Crippen molar-refractivity contribution in [3.05, 3.63) is 84.8 Å². The third kappa shape index (κ3) is 2.39. The minimum Gasteiger partial charge on any atom is -0.392 e. The lowest BCUT2D eigenvalue weighted by Crippen LogP contribution is -1.87. The molecule has 3 aromatic heterocycles. The number of nitrogens with zero attached hydrogens (tertiary/aromatic N) is 2. The van der Waals surface area contributed by atoms with Crippen LogP contribution in [0, 0.1) is 0 Å². The van der Waals surface area contributed by atoms with Crippen LogP contribution in [0.25, 0.3) is 38.9 Å². The smallest absolute Gasteiger partial charge is 0.137 e. The first-order valence-electron chi connectivity index (χ1n) is 8.57. The minimum atomic E-state index is 0.0476. The molecule has 0 fully saturated rings. The van der Waals surface area contributed by atoms with Gasteiger partial charge in [0.15, 0.2) is 0 Å². The average Bonchev–Trinajstić information content (AvgIpc) is 3.33. The molecule has 0 bridgehead atoms. The summed E-state index contributed by atoms with van der Waals surface area (Å²) in [5.74, 6) is 0. The molecule has 4 nitrogen and oxygen atoms in total. The number of H-pyrrole nitrogens is 1. The molecule has 5 aromatic rings. The molecule has 0 aliphatic carbocycles. The number of benzene rings is 2. The van der Waals surface area contributed by atoms with Crippen LogP contribution in [0.15, 0.2) is 79.3 Å². The highest BCUT2D eigenvalue weighted by molar-refractivity contribution is 5.94. The Morgan fingerprint density at radius 2 is 1.85 bits per heavy atom. The molecule has 126 valence electrons. The predicted molar refractivity (Wildman–Crippen MR) is 104 cm³/mol. The van der Waals surface area contributed by atoms with Crippen molar-refractivity contribution in [1.29, 1.82) is 0 Å². The van der Waals surface area contributed by atoms with Gasteiger partial charge < -0.3 is 14.5 Å². The Balaban J connectivity index is 1.63. The van der Waals surface area contributed by atoms with E-state index in [1.165, 1.54) is 5.39 Å². The van der Waals surface area contributed by atoms with Crippen LogP contribution in [0.4, 0.5) is 0 Å². The van der Waals surface area contributed by atoms with Crippen molar-refractivity contribution in [2.24, 2.45) is 0 Å². The first-order chi connectivity index (χ1) is 12.8. The Kier molecular flexibility index (Phi) is 3.37. The van der Waals surface area contributed by atoms with E-state index in [4.69, 9.17) is 4.98 Å². The summed E-state index contributed by atoms with van der Waals surface area (Å²) in [6.07, 6.45) is 6.10. The number of aromatic amines is 1. The van der Waals surface area contributed by atoms with Crippen LogP contribution >= 0.6 is 0 Å². The molecule has 4 heteroatoms. The summed E-state index contributed by atoms with van der Waals surface area (Å²) in [6.45, 7) is 0.0476. The van der Waals surface area contributed by atoms with E-state index < -0.39 is 0 Å². The number of fused-ring (bicyclic) bond motifs is 2. The summed E-state index contributed by atoms with van der Waals surface area (Å²) in [7, 11) is 0. The van der Waals surface area contributed by atoms with Crippen molar-refractivity contribution in [3.63, 3.8) is 0 Å². The number of nitrogens with one attached hydrogen (secondary N) is 1. The molecule has 0 atom stereocenters. The van der Waals surface area contributed by atoms with Gasteiger partial charge in [-0.3, -0.25) is 0 Å². The van der Waals surface area contributed by atoms with Crippen LogP contribution < -0.4 is 0 Å². The molecule has 5 rings (SSSR count). The molecule has 0 aliphatic heterocycles. The summed E-state index contributed by atoms with van der Waals surface area (Å²) >= 11 is 0. The summed E-state index contributed by atoms with van der Waals surface area (Å²) in [5, 5.41) is 10.5. The van der Waals surface area contributed by atoms with Crippen molar-refractivity contribution in [1.82, 2.24) is 14.4 Å². The highest BCUT2D eigenvalue weighted by atomic mass is 16.3. The fourth-order valence-electron chi connectivity index (χ4n) is 3.45. The lowest BCUT2D eigenvalue weighted by atomic mass is 10.1. The molecular formula is C22H17N3O. The Morgan fingerprint density at radius 3 is 2.77 bits per heavy atom. The third-order valence-corrected chi connectivity index (χ3v) is 4.76. The van der Waals surface area contributed by atoms with Crippen molar-refractivity contribution in [2.75, 3.05) is 0 Å². The van der Waals surface area contributed by atoms with Gasteiger partial charge in [0, 0.05) is 35.1 Å². The second-order valence-corrected chi connectivity index (χ2v) is 6.41. The highest BCUT2D eigenvalue weighted by Gasteiger charge is 2.09. The molecule has 2 aromatic carbocycles. The SMILES string of the molecule is OCc1cccc(-c2ccc3nc(-c4cccc5[nH]ccc45)cn3c2)c1. The van der Waals surface area contributed by atoms with Gasteiger partial charge >= 0.3 is 0 Å². The monoisotopic (exact) mass is 339 g/mol. The van der Waals surface area contributed by atoms with Crippen molar-refractivity contribution in [3.8, 4) is 22.4 Å². The summed E-state index contributed by atoms with van der Waals surface area (Å²) in [6, 6.07) is 20.4. The highest BCUT2D eigenvalue weighted by Crippen LogP contribution is 2.29. The molecule has 0 unspecified atom stereocenters. The predicted octanol–water partition coefficient (Wildman–Crippen LogP) is 4.64. The first-order valence-corrected chi connectivity index (χ1v) is 8.57. The van der Waals surface area contributed by atoms with Gasteiger partial charge in [0.05, 0.1) is 12.3 Å². The quantitative estimate of drug-likeness (QED) is 0.503. The summed E-state index contributed by atoms with van der Waals surface area (Å²) in [4.78, 5) is 8.04. The van der Waals surface area contributed by atoms with Gasteiger partial charge in [-0.2, -0.15) is 0 Å². The Hall–Kier alpha value is -3.37. The molecule has 26 heavy (non-hydrogen) atoms. The van der Waals surface area contributed by atoms with Gasteiger partial charge in [0.1, 0.15) is 5.65 Å². The Bertz CT molecular complexity index is 1230. The summed E-state index contributed by atoms with van der Waals surface area (Å²) in [5.41, 5.74) is 7.19. The van der Waals surface area contributed by atoms with E-state index in [9.17, 15) is 5.11 Å². The van der Waals surface area contributed by atoms with Gasteiger partial charge in [0.2, 0.25) is 0 Å². The molecule has 0 saturated carbocycles. The van der Waals surface area contributed by atoms with E-state index in [0.29, 0.717) is 0 Å². The van der Waals surface area contributed by atoms with E-state index >= 15 is 0 Å². The number of rotatable bonds is 3. The number of imidazole rings is 1. The van der Waals surface area contributed by atoms with Gasteiger partial charge in [-0.15, -0.1) is 0 Å². The van der Waals surface area contributed by atoms with Crippen LogP contribution in [0.2, 0.25) is 0 Å². The van der Waals surface area contributed by atoms with E-state index in [2.05, 4.69) is 52.1 Å². The Morgan fingerprint density at radius 1 is 0.923 bits per heavy atom. The number of pyridine rings is 1. The fourth-order valence-corrected chi connectivity index (χ4v) is 3.45. The molecule has 3 heterocycles. The van der Waals surface area contributed by atoms with Gasteiger partial charge in [0.25, 0.3) is 0 Å². The molecule has 0 spiro atoms. The van der Waals surface area contributed by atoms with Crippen molar-refractivity contribution in [2.45, 2.75) is 6.61 Å². The zero-order valence-electron chi connectivity index (χ0n) is 14.1. The normalized spacial score (nSPS) is 11.4. The largest absolute Gasteiger partial charge is 0.392 e. The van der Waals surface area contributed by atoms with Gasteiger partial charge in [-0.05, 0) is 47.0 Å².